The minimum Gasteiger partial charge on any atom is -0.466 e. The zero-order chi connectivity index (χ0) is 16.9. The van der Waals surface area contributed by atoms with Gasteiger partial charge in [-0.25, -0.2) is 0 Å². The molecule has 4 rings (SSSR count). The summed E-state index contributed by atoms with van der Waals surface area (Å²) in [6, 6.07) is 7.56. The molecule has 128 valence electrons. The first-order chi connectivity index (χ1) is 11.6. The average Bonchev–Trinajstić information content (AvgIpc) is 3.23. The Balaban J connectivity index is 1.58. The van der Waals surface area contributed by atoms with Crippen molar-refractivity contribution in [2.24, 2.45) is 29.1 Å². The number of hydrogen-bond acceptors (Lipinski definition) is 3. The molecule has 0 aromatic heterocycles. The van der Waals surface area contributed by atoms with Crippen molar-refractivity contribution in [1.82, 2.24) is 0 Å². The molecule has 0 aliphatic heterocycles. The number of ether oxygens (including phenoxy) is 1. The van der Waals surface area contributed by atoms with Gasteiger partial charge in [-0.3, -0.25) is 9.59 Å². The van der Waals surface area contributed by atoms with E-state index >= 15 is 0 Å². The lowest BCUT2D eigenvalue weighted by Crippen LogP contribution is -2.38. The van der Waals surface area contributed by atoms with E-state index in [1.807, 2.05) is 31.2 Å². The quantitative estimate of drug-likeness (QED) is 0.788. The lowest BCUT2D eigenvalue weighted by molar-refractivity contribution is -0.154. The Morgan fingerprint density at radius 2 is 1.79 bits per heavy atom. The van der Waals surface area contributed by atoms with Crippen molar-refractivity contribution in [2.45, 2.75) is 32.6 Å². The molecular formula is C19H22BrNO3. The number of amides is 1. The molecule has 1 spiro atoms. The fraction of sp³-hybridized carbons (Fsp3) is 0.579. The van der Waals surface area contributed by atoms with Gasteiger partial charge in [-0.15, -0.1) is 0 Å². The normalized spacial score (nSPS) is 31.9. The maximum atomic E-state index is 13.0. The molecule has 24 heavy (non-hydrogen) atoms. The van der Waals surface area contributed by atoms with E-state index in [9.17, 15) is 9.59 Å². The smallest absolute Gasteiger partial charge is 0.310 e. The number of nitrogens with one attached hydrogen (secondary N) is 1. The SMILES string of the molecule is CCOC(=O)C1C(C(=O)Nc2ccc(Br)cc2)C2CCC1C21CC1. The summed E-state index contributed by atoms with van der Waals surface area (Å²) in [5, 5.41) is 3.02. The van der Waals surface area contributed by atoms with Gasteiger partial charge in [-0.05, 0) is 74.1 Å². The van der Waals surface area contributed by atoms with Gasteiger partial charge in [0.1, 0.15) is 0 Å². The number of esters is 1. The van der Waals surface area contributed by atoms with Crippen LogP contribution < -0.4 is 5.32 Å². The molecule has 1 N–H and O–H groups in total. The molecule has 0 radical (unpaired) electrons. The zero-order valence-electron chi connectivity index (χ0n) is 13.8. The standard InChI is InChI=1S/C19H22BrNO3/c1-2-24-18(23)16-14-8-7-13(19(14)9-10-19)15(16)17(22)21-12-5-3-11(20)4-6-12/h3-6,13-16H,2,7-10H2,1H3,(H,21,22). The molecular weight excluding hydrogens is 370 g/mol. The van der Waals surface area contributed by atoms with Gasteiger partial charge in [-0.1, -0.05) is 15.9 Å². The van der Waals surface area contributed by atoms with Crippen LogP contribution in [0.4, 0.5) is 5.69 Å². The van der Waals surface area contributed by atoms with Crippen molar-refractivity contribution in [2.75, 3.05) is 11.9 Å². The maximum Gasteiger partial charge on any atom is 0.310 e. The first-order valence-corrected chi connectivity index (χ1v) is 9.59. The van der Waals surface area contributed by atoms with Crippen LogP contribution >= 0.6 is 15.9 Å². The van der Waals surface area contributed by atoms with Crippen LogP contribution in [0.25, 0.3) is 0 Å². The third-order valence-corrected chi connectivity index (χ3v) is 6.85. The largest absolute Gasteiger partial charge is 0.466 e. The van der Waals surface area contributed by atoms with Crippen LogP contribution in [-0.4, -0.2) is 18.5 Å². The third-order valence-electron chi connectivity index (χ3n) is 6.32. The summed E-state index contributed by atoms with van der Waals surface area (Å²) in [5.41, 5.74) is 1.03. The fourth-order valence-electron chi connectivity index (χ4n) is 5.32. The molecule has 3 aliphatic carbocycles. The number of hydrogen-bond donors (Lipinski definition) is 1. The highest BCUT2D eigenvalue weighted by Crippen LogP contribution is 2.74. The second kappa shape index (κ2) is 5.87. The van der Waals surface area contributed by atoms with E-state index in [1.54, 1.807) is 0 Å². The van der Waals surface area contributed by atoms with Crippen LogP contribution in [-0.2, 0) is 14.3 Å². The molecule has 0 heterocycles. The molecule has 2 bridgehead atoms. The van der Waals surface area contributed by atoms with E-state index in [0.717, 1.165) is 23.0 Å². The number of carbonyl (C=O) groups excluding carboxylic acids is 2. The molecule has 1 amide bonds. The lowest BCUT2D eigenvalue weighted by Gasteiger charge is -2.28. The number of halogens is 1. The van der Waals surface area contributed by atoms with Gasteiger partial charge in [0.15, 0.2) is 0 Å². The third kappa shape index (κ3) is 2.40. The van der Waals surface area contributed by atoms with E-state index in [2.05, 4.69) is 21.2 Å². The number of anilines is 1. The summed E-state index contributed by atoms with van der Waals surface area (Å²) in [7, 11) is 0. The van der Waals surface area contributed by atoms with Crippen molar-refractivity contribution >= 4 is 33.5 Å². The van der Waals surface area contributed by atoms with E-state index in [1.165, 1.54) is 12.8 Å². The summed E-state index contributed by atoms with van der Waals surface area (Å²) in [6.07, 6.45) is 4.47. The number of benzene rings is 1. The molecule has 4 unspecified atom stereocenters. The Kier molecular flexibility index (Phi) is 3.94. The molecule has 1 aromatic rings. The molecule has 4 atom stereocenters. The molecule has 4 nitrogen and oxygen atoms in total. The van der Waals surface area contributed by atoms with Crippen molar-refractivity contribution in [1.29, 1.82) is 0 Å². The van der Waals surface area contributed by atoms with E-state index in [4.69, 9.17) is 4.74 Å². The first-order valence-electron chi connectivity index (χ1n) is 8.80. The van der Waals surface area contributed by atoms with Crippen LogP contribution in [0.1, 0.15) is 32.6 Å². The highest BCUT2D eigenvalue weighted by Gasteiger charge is 2.71. The van der Waals surface area contributed by atoms with Gasteiger partial charge in [0, 0.05) is 10.2 Å². The predicted molar refractivity (Wildman–Crippen MR) is 94.3 cm³/mol. The monoisotopic (exact) mass is 391 g/mol. The Hall–Kier alpha value is -1.36. The van der Waals surface area contributed by atoms with Gasteiger partial charge >= 0.3 is 5.97 Å². The topological polar surface area (TPSA) is 55.4 Å². The summed E-state index contributed by atoms with van der Waals surface area (Å²) >= 11 is 3.40. The molecule has 5 heteroatoms. The average molecular weight is 392 g/mol. The Labute approximate surface area is 150 Å². The summed E-state index contributed by atoms with van der Waals surface area (Å²) in [6.45, 7) is 2.20. The second-order valence-corrected chi connectivity index (χ2v) is 8.24. The highest BCUT2D eigenvalue weighted by atomic mass is 79.9. The van der Waals surface area contributed by atoms with Crippen LogP contribution in [0.15, 0.2) is 28.7 Å². The predicted octanol–water partition coefficient (Wildman–Crippen LogP) is 4.00. The van der Waals surface area contributed by atoms with Gasteiger partial charge in [0.05, 0.1) is 18.4 Å². The maximum absolute atomic E-state index is 13.0. The van der Waals surface area contributed by atoms with Crippen molar-refractivity contribution in [3.05, 3.63) is 28.7 Å². The highest BCUT2D eigenvalue weighted by molar-refractivity contribution is 9.10. The van der Waals surface area contributed by atoms with Crippen LogP contribution in [0.2, 0.25) is 0 Å². The molecule has 0 saturated heterocycles. The Morgan fingerprint density at radius 1 is 1.17 bits per heavy atom. The van der Waals surface area contributed by atoms with E-state index in [0.29, 0.717) is 18.4 Å². The van der Waals surface area contributed by atoms with Crippen molar-refractivity contribution < 1.29 is 14.3 Å². The van der Waals surface area contributed by atoms with Crippen molar-refractivity contribution in [3.8, 4) is 0 Å². The van der Waals surface area contributed by atoms with Gasteiger partial charge in [-0.2, -0.15) is 0 Å². The molecule has 3 aliphatic rings. The molecule has 3 saturated carbocycles. The van der Waals surface area contributed by atoms with Crippen LogP contribution in [0, 0.1) is 29.1 Å². The number of carbonyl (C=O) groups is 2. The first kappa shape index (κ1) is 16.1. The van der Waals surface area contributed by atoms with Gasteiger partial charge in [0.25, 0.3) is 0 Å². The minimum absolute atomic E-state index is 0.0196. The molecule has 3 fully saturated rings. The van der Waals surface area contributed by atoms with E-state index < -0.39 is 0 Å². The fourth-order valence-corrected chi connectivity index (χ4v) is 5.59. The Morgan fingerprint density at radius 3 is 2.38 bits per heavy atom. The van der Waals surface area contributed by atoms with Gasteiger partial charge < -0.3 is 10.1 Å². The van der Waals surface area contributed by atoms with E-state index in [-0.39, 0.29) is 29.1 Å². The summed E-state index contributed by atoms with van der Waals surface area (Å²) < 4.78 is 6.29. The summed E-state index contributed by atoms with van der Waals surface area (Å²) in [5.74, 6) is -0.0223. The van der Waals surface area contributed by atoms with Crippen LogP contribution in [0.5, 0.6) is 0 Å². The van der Waals surface area contributed by atoms with Crippen LogP contribution in [0.3, 0.4) is 0 Å². The number of rotatable bonds is 4. The summed E-state index contributed by atoms with van der Waals surface area (Å²) in [4.78, 5) is 25.5. The molecule has 1 aromatic carbocycles. The minimum atomic E-state index is -0.262. The zero-order valence-corrected chi connectivity index (χ0v) is 15.3. The van der Waals surface area contributed by atoms with Crippen molar-refractivity contribution in [3.63, 3.8) is 0 Å². The Bertz CT molecular complexity index is 668. The lowest BCUT2D eigenvalue weighted by atomic mass is 9.78. The second-order valence-electron chi connectivity index (χ2n) is 7.32. The van der Waals surface area contributed by atoms with Gasteiger partial charge in [0.2, 0.25) is 5.91 Å².